The molecule has 0 fully saturated rings. The van der Waals surface area contributed by atoms with Gasteiger partial charge in [-0.05, 0) is 0 Å². The summed E-state index contributed by atoms with van der Waals surface area (Å²) in [7, 11) is 0. The fraction of sp³-hybridized carbons (Fsp3) is 0. The molecule has 2 nitrogen and oxygen atoms in total. The summed E-state index contributed by atoms with van der Waals surface area (Å²) in [6.07, 6.45) is 0. The van der Waals surface area contributed by atoms with Crippen LogP contribution in [0.4, 0.5) is 0 Å². The van der Waals surface area contributed by atoms with Crippen molar-refractivity contribution in [2.24, 2.45) is 0 Å². The molecule has 0 spiro atoms. The fourth-order valence-electron chi connectivity index (χ4n) is 0. The van der Waals surface area contributed by atoms with E-state index < -0.39 is 0 Å². The first-order valence-electron chi connectivity index (χ1n) is 0. The second-order valence-electron chi connectivity index (χ2n) is 0. The van der Waals surface area contributed by atoms with E-state index in [0.29, 0.717) is 0 Å². The summed E-state index contributed by atoms with van der Waals surface area (Å²) in [6.45, 7) is 0. The Labute approximate surface area is 82.5 Å². The smallest absolute Gasteiger partial charge is 2.00 e. The molecule has 0 amide bonds. The summed E-state index contributed by atoms with van der Waals surface area (Å²) in [5.41, 5.74) is 0. The molecule has 0 aromatic rings. The van der Waals surface area contributed by atoms with E-state index in [-0.39, 0.29) is 84.3 Å². The van der Waals surface area contributed by atoms with Crippen molar-refractivity contribution in [3.05, 3.63) is 0 Å². The van der Waals surface area contributed by atoms with Crippen molar-refractivity contribution in [3.8, 4) is 0 Å². The fourth-order valence-corrected chi connectivity index (χ4v) is 0. The summed E-state index contributed by atoms with van der Waals surface area (Å²) >= 11 is 0. The van der Waals surface area contributed by atoms with Crippen molar-refractivity contribution < 1.29 is 46.6 Å². The van der Waals surface area contributed by atoms with Gasteiger partial charge in [0.2, 0.25) is 0 Å². The van der Waals surface area contributed by atoms with Crippen molar-refractivity contribution in [2.45, 2.75) is 0 Å². The van der Waals surface area contributed by atoms with Gasteiger partial charge in [0.15, 0.2) is 0 Å². The first-order chi connectivity index (χ1) is 0. The van der Waals surface area contributed by atoms with Gasteiger partial charge in [0.25, 0.3) is 0 Å². The monoisotopic (exact) mass is 211 g/mol. The van der Waals surface area contributed by atoms with Gasteiger partial charge < -0.3 is 11.0 Å². The van der Waals surface area contributed by atoms with Gasteiger partial charge in [-0.2, -0.15) is 0 Å². The molecule has 0 saturated heterocycles. The molecule has 0 heterocycles. The van der Waals surface area contributed by atoms with Gasteiger partial charge in [0.1, 0.15) is 0 Å². The summed E-state index contributed by atoms with van der Waals surface area (Å²) in [6, 6.07) is 0. The van der Waals surface area contributed by atoms with Crippen molar-refractivity contribution in [3.63, 3.8) is 0 Å². The third kappa shape index (κ3) is 8.83. The average Bonchev–Trinajstić information content (AvgIpc) is 0. The molecule has 0 radical (unpaired) electrons. The SMILES string of the molecule is [Ca+2].[La+3].[O-2].[O-2]. The minimum absolute atomic E-state index is 0. The minimum atomic E-state index is 0. The summed E-state index contributed by atoms with van der Waals surface area (Å²) < 4.78 is 0. The Morgan fingerprint density at radius 2 is 0.750 bits per heavy atom. The third-order valence-corrected chi connectivity index (χ3v) is 0. The van der Waals surface area contributed by atoms with E-state index in [0.717, 1.165) is 0 Å². The van der Waals surface area contributed by atoms with Crippen LogP contribution in [0.2, 0.25) is 0 Å². The molecule has 0 N–H and O–H groups in total. The molecule has 0 bridgehead atoms. The van der Waals surface area contributed by atoms with E-state index in [1.54, 1.807) is 0 Å². The molecule has 4 heavy (non-hydrogen) atoms. The predicted octanol–water partition coefficient (Wildman–Crippen LogP) is -0.618. The van der Waals surface area contributed by atoms with Crippen LogP contribution in [0.3, 0.4) is 0 Å². The van der Waals surface area contributed by atoms with Gasteiger partial charge in [-0.3, -0.25) is 0 Å². The zero-order chi connectivity index (χ0) is 0. The molecule has 0 aliphatic heterocycles. The van der Waals surface area contributed by atoms with Crippen molar-refractivity contribution >= 4 is 37.7 Å². The third-order valence-electron chi connectivity index (χ3n) is 0. The Morgan fingerprint density at radius 1 is 0.750 bits per heavy atom. The summed E-state index contributed by atoms with van der Waals surface area (Å²) in [5.74, 6) is 0. The minimum Gasteiger partial charge on any atom is -2.00 e. The molecule has 16 valence electrons. The summed E-state index contributed by atoms with van der Waals surface area (Å²) in [4.78, 5) is 0. The zero-order valence-corrected chi connectivity index (χ0v) is 7.94. The predicted molar refractivity (Wildman–Crippen MR) is 7.13 cm³/mol. The van der Waals surface area contributed by atoms with Gasteiger partial charge in [0.05, 0.1) is 0 Å². The van der Waals surface area contributed by atoms with Crippen LogP contribution in [0.1, 0.15) is 0 Å². The molecule has 0 aromatic heterocycles. The maximum atomic E-state index is 0. The first kappa shape index (κ1) is 32.7. The molecule has 0 atom stereocenters. The van der Waals surface area contributed by atoms with Gasteiger partial charge in [0, 0.05) is 0 Å². The number of hydrogen-bond acceptors (Lipinski definition) is 0. The Morgan fingerprint density at radius 3 is 0.750 bits per heavy atom. The van der Waals surface area contributed by atoms with E-state index in [9.17, 15) is 0 Å². The van der Waals surface area contributed by atoms with Crippen LogP contribution < -0.4 is 0 Å². The molecule has 0 unspecified atom stereocenters. The standard InChI is InChI=1S/Ca.La.2O/q+2;+3;2*-2. The second kappa shape index (κ2) is 18.2. The van der Waals surface area contributed by atoms with Crippen molar-refractivity contribution in [2.75, 3.05) is 0 Å². The maximum absolute atomic E-state index is 0. The van der Waals surface area contributed by atoms with Crippen LogP contribution in [-0.2, 0) is 11.0 Å². The van der Waals surface area contributed by atoms with Crippen LogP contribution >= 0.6 is 0 Å². The van der Waals surface area contributed by atoms with Crippen molar-refractivity contribution in [1.29, 1.82) is 0 Å². The normalized spacial score (nSPS) is 0. The van der Waals surface area contributed by atoms with Gasteiger partial charge >= 0.3 is 73.3 Å². The molecule has 0 rings (SSSR count). The Balaban J connectivity index is 0. The van der Waals surface area contributed by atoms with Crippen LogP contribution in [0.5, 0.6) is 0 Å². The average molecular weight is 211 g/mol. The van der Waals surface area contributed by atoms with E-state index in [1.165, 1.54) is 0 Å². The molecule has 0 aromatic carbocycles. The van der Waals surface area contributed by atoms with Crippen LogP contribution in [0, 0.1) is 35.6 Å². The Bertz CT molecular complexity index is 6.00. The van der Waals surface area contributed by atoms with E-state index in [1.807, 2.05) is 0 Å². The number of rotatable bonds is 0. The number of hydrogen-bond donors (Lipinski definition) is 0. The second-order valence-corrected chi connectivity index (χ2v) is 0. The van der Waals surface area contributed by atoms with Crippen LogP contribution in [0.25, 0.3) is 0 Å². The molecule has 0 aliphatic rings. The molecule has 0 aliphatic carbocycles. The molecular formula is CaLaO2+. The van der Waals surface area contributed by atoms with Crippen LogP contribution in [-0.4, -0.2) is 37.7 Å². The van der Waals surface area contributed by atoms with Crippen LogP contribution in [0.15, 0.2) is 0 Å². The van der Waals surface area contributed by atoms with E-state index in [4.69, 9.17) is 0 Å². The zero-order valence-electron chi connectivity index (χ0n) is 2.10. The molecule has 0 saturated carbocycles. The van der Waals surface area contributed by atoms with E-state index >= 15 is 0 Å². The first-order valence-corrected chi connectivity index (χ1v) is 0. The van der Waals surface area contributed by atoms with Gasteiger partial charge in [-0.1, -0.05) is 0 Å². The summed E-state index contributed by atoms with van der Waals surface area (Å²) in [5, 5.41) is 0. The Hall–Kier alpha value is 2.37. The largest absolute Gasteiger partial charge is 3.00 e. The van der Waals surface area contributed by atoms with Crippen molar-refractivity contribution in [1.82, 2.24) is 0 Å². The van der Waals surface area contributed by atoms with E-state index in [2.05, 4.69) is 0 Å². The topological polar surface area (TPSA) is 57.0 Å². The molecular weight excluding hydrogens is 211 g/mol. The quantitative estimate of drug-likeness (QED) is 0.479. The Kier molecular flexibility index (Phi) is 149. The maximum Gasteiger partial charge on any atom is 3.00 e. The molecule has 4 heteroatoms. The van der Waals surface area contributed by atoms with Gasteiger partial charge in [-0.15, -0.1) is 0 Å². The van der Waals surface area contributed by atoms with Gasteiger partial charge in [-0.25, -0.2) is 0 Å².